The fourth-order valence-corrected chi connectivity index (χ4v) is 4.69. The summed E-state index contributed by atoms with van der Waals surface area (Å²) in [5.74, 6) is 1.08. The van der Waals surface area contributed by atoms with Gasteiger partial charge in [-0.05, 0) is 80.0 Å². The van der Waals surface area contributed by atoms with Gasteiger partial charge in [0.2, 0.25) is 0 Å². The van der Waals surface area contributed by atoms with Crippen LogP contribution in [0.3, 0.4) is 0 Å². The third-order valence-corrected chi connectivity index (χ3v) is 5.98. The summed E-state index contributed by atoms with van der Waals surface area (Å²) in [6, 6.07) is 14.5. The average molecular weight is 388 g/mol. The third kappa shape index (κ3) is 4.27. The Kier molecular flexibility index (Phi) is 5.35. The van der Waals surface area contributed by atoms with Crippen LogP contribution in [-0.2, 0) is 11.2 Å². The van der Waals surface area contributed by atoms with Crippen LogP contribution in [-0.4, -0.2) is 29.5 Å². The molecule has 2 aliphatic rings. The molecule has 0 saturated carbocycles. The molecule has 27 heavy (non-hydrogen) atoms. The lowest BCUT2D eigenvalue weighted by Gasteiger charge is -2.39. The van der Waals surface area contributed by atoms with Crippen molar-refractivity contribution in [1.82, 2.24) is 4.90 Å². The first-order valence-corrected chi connectivity index (χ1v) is 9.90. The van der Waals surface area contributed by atoms with E-state index in [-0.39, 0.29) is 18.3 Å². The van der Waals surface area contributed by atoms with E-state index in [2.05, 4.69) is 4.90 Å². The predicted molar refractivity (Wildman–Crippen MR) is 103 cm³/mol. The standard InChI is InChI=1S/C22H23ClFNO2/c23-17-3-9-21(10-4-17)27-14-22(26)25-19-7-8-20(25)13-16(12-19)11-15-1-5-18(24)6-2-15/h1-6,9-10,16,19-20H,7-8,11-14H2/t16?,19-,20+. The summed E-state index contributed by atoms with van der Waals surface area (Å²) in [6.07, 6.45) is 5.12. The van der Waals surface area contributed by atoms with Crippen LogP contribution in [0.15, 0.2) is 48.5 Å². The van der Waals surface area contributed by atoms with Gasteiger partial charge < -0.3 is 9.64 Å². The minimum Gasteiger partial charge on any atom is -0.484 e. The summed E-state index contributed by atoms with van der Waals surface area (Å²) in [7, 11) is 0. The van der Waals surface area contributed by atoms with E-state index in [9.17, 15) is 9.18 Å². The maximum absolute atomic E-state index is 13.1. The minimum absolute atomic E-state index is 0.0667. The van der Waals surface area contributed by atoms with E-state index in [4.69, 9.17) is 16.3 Å². The summed E-state index contributed by atoms with van der Waals surface area (Å²) in [6.45, 7) is 0.0667. The monoisotopic (exact) mass is 387 g/mol. The summed E-state index contributed by atoms with van der Waals surface area (Å²) in [4.78, 5) is 14.8. The van der Waals surface area contributed by atoms with Crippen LogP contribution in [0, 0.1) is 11.7 Å². The van der Waals surface area contributed by atoms with Crippen molar-refractivity contribution in [1.29, 1.82) is 0 Å². The van der Waals surface area contributed by atoms with Gasteiger partial charge in [-0.3, -0.25) is 4.79 Å². The Labute approximate surface area is 164 Å². The predicted octanol–water partition coefficient (Wildman–Crippen LogP) is 4.87. The largest absolute Gasteiger partial charge is 0.484 e. The van der Waals surface area contributed by atoms with Gasteiger partial charge in [0.15, 0.2) is 6.61 Å². The molecule has 0 aliphatic carbocycles. The number of hydrogen-bond donors (Lipinski definition) is 0. The van der Waals surface area contributed by atoms with Gasteiger partial charge in [-0.25, -0.2) is 4.39 Å². The Balaban J connectivity index is 1.33. The number of fused-ring (bicyclic) bond motifs is 2. The molecule has 2 aromatic rings. The normalized spacial score (nSPS) is 24.1. The van der Waals surface area contributed by atoms with E-state index < -0.39 is 0 Å². The van der Waals surface area contributed by atoms with Crippen LogP contribution in [0.5, 0.6) is 5.75 Å². The number of rotatable bonds is 5. The number of carbonyl (C=O) groups is 1. The van der Waals surface area contributed by atoms with Crippen molar-refractivity contribution in [3.8, 4) is 5.75 Å². The van der Waals surface area contributed by atoms with Crippen molar-refractivity contribution < 1.29 is 13.9 Å². The third-order valence-electron chi connectivity index (χ3n) is 5.73. The van der Waals surface area contributed by atoms with Crippen LogP contribution >= 0.6 is 11.6 Å². The molecule has 1 amide bonds. The molecule has 2 aromatic carbocycles. The molecule has 5 heteroatoms. The Bertz CT molecular complexity index is 779. The van der Waals surface area contributed by atoms with E-state index in [1.54, 1.807) is 24.3 Å². The molecule has 0 spiro atoms. The Hall–Kier alpha value is -2.07. The van der Waals surface area contributed by atoms with Crippen LogP contribution in [0.4, 0.5) is 4.39 Å². The lowest BCUT2D eigenvalue weighted by Crippen LogP contribution is -2.48. The number of ether oxygens (including phenoxy) is 1. The summed E-state index contributed by atoms with van der Waals surface area (Å²) in [5.41, 5.74) is 1.17. The summed E-state index contributed by atoms with van der Waals surface area (Å²) >= 11 is 5.87. The maximum Gasteiger partial charge on any atom is 0.261 e. The molecule has 0 radical (unpaired) electrons. The zero-order valence-corrected chi connectivity index (χ0v) is 15.9. The first kappa shape index (κ1) is 18.3. The highest BCUT2D eigenvalue weighted by molar-refractivity contribution is 6.30. The molecule has 142 valence electrons. The Morgan fingerprint density at radius 3 is 2.30 bits per heavy atom. The smallest absolute Gasteiger partial charge is 0.261 e. The van der Waals surface area contributed by atoms with Crippen LogP contribution in [0.1, 0.15) is 31.2 Å². The quantitative estimate of drug-likeness (QED) is 0.732. The van der Waals surface area contributed by atoms with Gasteiger partial charge in [0, 0.05) is 17.1 Å². The number of halogens is 2. The van der Waals surface area contributed by atoms with Crippen molar-refractivity contribution in [2.45, 2.75) is 44.2 Å². The van der Waals surface area contributed by atoms with Gasteiger partial charge in [-0.1, -0.05) is 23.7 Å². The van der Waals surface area contributed by atoms with Gasteiger partial charge in [0.25, 0.3) is 5.91 Å². The number of benzene rings is 2. The molecule has 2 aliphatic heterocycles. The molecular formula is C22H23ClFNO2. The minimum atomic E-state index is -0.195. The molecule has 4 rings (SSSR count). The van der Waals surface area contributed by atoms with Crippen molar-refractivity contribution in [3.05, 3.63) is 64.9 Å². The molecule has 0 aromatic heterocycles. The van der Waals surface area contributed by atoms with Gasteiger partial charge in [-0.2, -0.15) is 0 Å². The highest BCUT2D eigenvalue weighted by Gasteiger charge is 2.43. The van der Waals surface area contributed by atoms with E-state index in [0.717, 1.165) is 32.1 Å². The van der Waals surface area contributed by atoms with Crippen molar-refractivity contribution in [3.63, 3.8) is 0 Å². The molecule has 0 N–H and O–H groups in total. The zero-order chi connectivity index (χ0) is 18.8. The molecule has 2 heterocycles. The lowest BCUT2D eigenvalue weighted by molar-refractivity contribution is -0.138. The topological polar surface area (TPSA) is 29.5 Å². The molecule has 3 nitrogen and oxygen atoms in total. The van der Waals surface area contributed by atoms with Gasteiger partial charge in [0.05, 0.1) is 0 Å². The Morgan fingerprint density at radius 1 is 1.04 bits per heavy atom. The summed E-state index contributed by atoms with van der Waals surface area (Å²) in [5, 5.41) is 0.648. The number of hydrogen-bond acceptors (Lipinski definition) is 2. The fraction of sp³-hybridized carbons (Fsp3) is 0.409. The first-order chi connectivity index (χ1) is 13.1. The second-order valence-corrected chi connectivity index (χ2v) is 8.03. The SMILES string of the molecule is O=C(COc1ccc(Cl)cc1)N1[C@@H]2CC[C@H]1CC(Cc1ccc(F)cc1)C2. The highest BCUT2D eigenvalue weighted by Crippen LogP contribution is 2.40. The number of amides is 1. The molecule has 1 unspecified atom stereocenters. The van der Waals surface area contributed by atoms with Gasteiger partial charge >= 0.3 is 0 Å². The number of nitrogens with zero attached hydrogens (tertiary/aromatic N) is 1. The summed E-state index contributed by atoms with van der Waals surface area (Å²) < 4.78 is 18.7. The van der Waals surface area contributed by atoms with Crippen LogP contribution in [0.2, 0.25) is 5.02 Å². The maximum atomic E-state index is 13.1. The zero-order valence-electron chi connectivity index (χ0n) is 15.1. The van der Waals surface area contributed by atoms with E-state index in [1.807, 2.05) is 12.1 Å². The van der Waals surface area contributed by atoms with Crippen molar-refractivity contribution in [2.24, 2.45) is 5.92 Å². The first-order valence-electron chi connectivity index (χ1n) is 9.52. The molecule has 2 bridgehead atoms. The van der Waals surface area contributed by atoms with E-state index in [1.165, 1.54) is 17.7 Å². The highest BCUT2D eigenvalue weighted by atomic mass is 35.5. The fourth-order valence-electron chi connectivity index (χ4n) is 4.57. The second-order valence-electron chi connectivity index (χ2n) is 7.60. The van der Waals surface area contributed by atoms with Gasteiger partial charge in [-0.15, -0.1) is 0 Å². The average Bonchev–Trinajstić information content (AvgIpc) is 2.94. The molecular weight excluding hydrogens is 365 g/mol. The molecule has 3 atom stereocenters. The van der Waals surface area contributed by atoms with Crippen molar-refractivity contribution >= 4 is 17.5 Å². The molecule has 2 fully saturated rings. The van der Waals surface area contributed by atoms with Crippen LogP contribution < -0.4 is 4.74 Å². The van der Waals surface area contributed by atoms with Gasteiger partial charge in [0.1, 0.15) is 11.6 Å². The van der Waals surface area contributed by atoms with Crippen LogP contribution in [0.25, 0.3) is 0 Å². The Morgan fingerprint density at radius 2 is 1.67 bits per heavy atom. The second kappa shape index (κ2) is 7.89. The number of carbonyl (C=O) groups excluding carboxylic acids is 1. The lowest BCUT2D eigenvalue weighted by atomic mass is 9.86. The van der Waals surface area contributed by atoms with E-state index in [0.29, 0.717) is 28.8 Å². The molecule has 2 saturated heterocycles. The number of piperidine rings is 1. The van der Waals surface area contributed by atoms with E-state index >= 15 is 0 Å². The van der Waals surface area contributed by atoms with Crippen molar-refractivity contribution in [2.75, 3.05) is 6.61 Å².